The molecule has 0 fully saturated rings. The van der Waals surface area contributed by atoms with Crippen LogP contribution < -0.4 is 5.73 Å². The lowest BCUT2D eigenvalue weighted by molar-refractivity contribution is 0.533. The third-order valence-corrected chi connectivity index (χ3v) is 2.90. The minimum Gasteiger partial charge on any atom is -0.328 e. The maximum Gasteiger partial charge on any atom is 0.0898 e. The SMILES string of the molecule is Cc1cnn(C(CN)c2ccsc2)c1. The van der Waals surface area contributed by atoms with Crippen molar-refractivity contribution in [3.63, 3.8) is 0 Å². The molecule has 2 aromatic rings. The lowest BCUT2D eigenvalue weighted by Crippen LogP contribution is -2.20. The molecule has 14 heavy (non-hydrogen) atoms. The monoisotopic (exact) mass is 207 g/mol. The van der Waals surface area contributed by atoms with Gasteiger partial charge in [-0.05, 0) is 34.9 Å². The average molecular weight is 207 g/mol. The minimum atomic E-state index is 0.176. The van der Waals surface area contributed by atoms with Crippen LogP contribution in [0.15, 0.2) is 29.2 Å². The number of aromatic nitrogens is 2. The van der Waals surface area contributed by atoms with E-state index in [1.165, 1.54) is 11.1 Å². The molecule has 0 amide bonds. The molecular formula is C10H13N3S. The summed E-state index contributed by atoms with van der Waals surface area (Å²) < 4.78 is 1.93. The van der Waals surface area contributed by atoms with Gasteiger partial charge >= 0.3 is 0 Å². The van der Waals surface area contributed by atoms with Crippen molar-refractivity contribution in [2.24, 2.45) is 5.73 Å². The number of rotatable bonds is 3. The number of nitrogens with two attached hydrogens (primary N) is 1. The molecule has 0 radical (unpaired) electrons. The Kier molecular flexibility index (Phi) is 2.65. The number of thiophene rings is 1. The summed E-state index contributed by atoms with van der Waals surface area (Å²) in [6.07, 6.45) is 3.88. The van der Waals surface area contributed by atoms with Crippen LogP contribution in [-0.4, -0.2) is 16.3 Å². The van der Waals surface area contributed by atoms with Gasteiger partial charge in [-0.1, -0.05) is 0 Å². The highest BCUT2D eigenvalue weighted by molar-refractivity contribution is 7.07. The summed E-state index contributed by atoms with van der Waals surface area (Å²) in [6, 6.07) is 2.27. The Labute approximate surface area is 87.2 Å². The van der Waals surface area contributed by atoms with Crippen molar-refractivity contribution in [1.29, 1.82) is 0 Å². The van der Waals surface area contributed by atoms with Crippen LogP contribution in [0.1, 0.15) is 17.2 Å². The highest BCUT2D eigenvalue weighted by Gasteiger charge is 2.12. The second-order valence-electron chi connectivity index (χ2n) is 3.31. The first-order valence-electron chi connectivity index (χ1n) is 4.54. The van der Waals surface area contributed by atoms with E-state index in [-0.39, 0.29) is 6.04 Å². The Morgan fingerprint density at radius 1 is 1.64 bits per heavy atom. The van der Waals surface area contributed by atoms with Gasteiger partial charge in [0.1, 0.15) is 0 Å². The molecule has 0 spiro atoms. The zero-order chi connectivity index (χ0) is 9.97. The molecule has 2 heterocycles. The summed E-state index contributed by atoms with van der Waals surface area (Å²) in [5.41, 5.74) is 8.15. The normalized spacial score (nSPS) is 13.0. The van der Waals surface area contributed by atoms with E-state index in [1.54, 1.807) is 11.3 Å². The predicted molar refractivity (Wildman–Crippen MR) is 58.5 cm³/mol. The Bertz CT molecular complexity index is 391. The smallest absolute Gasteiger partial charge is 0.0898 e. The van der Waals surface area contributed by atoms with Gasteiger partial charge in [0, 0.05) is 12.7 Å². The molecule has 0 aliphatic carbocycles. The average Bonchev–Trinajstić information content (AvgIpc) is 2.79. The number of hydrogen-bond acceptors (Lipinski definition) is 3. The maximum absolute atomic E-state index is 5.75. The van der Waals surface area contributed by atoms with Gasteiger partial charge in [-0.3, -0.25) is 4.68 Å². The molecule has 2 aromatic heterocycles. The van der Waals surface area contributed by atoms with E-state index in [9.17, 15) is 0 Å². The van der Waals surface area contributed by atoms with Crippen molar-refractivity contribution in [1.82, 2.24) is 9.78 Å². The first-order valence-corrected chi connectivity index (χ1v) is 5.48. The fraction of sp³-hybridized carbons (Fsp3) is 0.300. The lowest BCUT2D eigenvalue weighted by Gasteiger charge is -2.13. The molecular weight excluding hydrogens is 194 g/mol. The minimum absolute atomic E-state index is 0.176. The Morgan fingerprint density at radius 3 is 3.00 bits per heavy atom. The van der Waals surface area contributed by atoms with Crippen molar-refractivity contribution in [2.45, 2.75) is 13.0 Å². The molecule has 0 aliphatic rings. The maximum atomic E-state index is 5.75. The van der Waals surface area contributed by atoms with Gasteiger partial charge in [-0.2, -0.15) is 16.4 Å². The third-order valence-electron chi connectivity index (χ3n) is 2.20. The molecule has 0 aliphatic heterocycles. The largest absolute Gasteiger partial charge is 0.328 e. The van der Waals surface area contributed by atoms with Crippen molar-refractivity contribution in [3.8, 4) is 0 Å². The zero-order valence-corrected chi connectivity index (χ0v) is 8.87. The number of hydrogen-bond donors (Lipinski definition) is 1. The summed E-state index contributed by atoms with van der Waals surface area (Å²) in [7, 11) is 0. The van der Waals surface area contributed by atoms with Gasteiger partial charge < -0.3 is 5.73 Å². The fourth-order valence-electron chi connectivity index (χ4n) is 1.46. The van der Waals surface area contributed by atoms with E-state index in [4.69, 9.17) is 5.73 Å². The van der Waals surface area contributed by atoms with Crippen LogP contribution >= 0.6 is 11.3 Å². The van der Waals surface area contributed by atoms with Gasteiger partial charge in [0.05, 0.1) is 12.2 Å². The predicted octanol–water partition coefficient (Wildman–Crippen LogP) is 1.80. The standard InChI is InChI=1S/C10H13N3S/c1-8-5-12-13(6-8)10(4-11)9-2-3-14-7-9/h2-3,5-7,10H,4,11H2,1H3. The molecule has 74 valence electrons. The van der Waals surface area contributed by atoms with Crippen LogP contribution in [0, 0.1) is 6.92 Å². The van der Waals surface area contributed by atoms with Gasteiger partial charge in [-0.25, -0.2) is 0 Å². The van der Waals surface area contributed by atoms with Crippen LogP contribution in [0.25, 0.3) is 0 Å². The highest BCUT2D eigenvalue weighted by Crippen LogP contribution is 2.19. The summed E-state index contributed by atoms with van der Waals surface area (Å²) in [4.78, 5) is 0. The fourth-order valence-corrected chi connectivity index (χ4v) is 2.17. The highest BCUT2D eigenvalue weighted by atomic mass is 32.1. The molecule has 0 bridgehead atoms. The quantitative estimate of drug-likeness (QED) is 0.834. The Hall–Kier alpha value is -1.13. The van der Waals surface area contributed by atoms with Gasteiger partial charge in [0.2, 0.25) is 0 Å². The number of nitrogens with zero attached hydrogens (tertiary/aromatic N) is 2. The molecule has 0 saturated carbocycles. The van der Waals surface area contributed by atoms with Crippen LogP contribution in [0.3, 0.4) is 0 Å². The summed E-state index contributed by atoms with van der Waals surface area (Å²) >= 11 is 1.69. The first kappa shape index (κ1) is 9.43. The van der Waals surface area contributed by atoms with Crippen molar-refractivity contribution in [2.75, 3.05) is 6.54 Å². The van der Waals surface area contributed by atoms with Crippen molar-refractivity contribution in [3.05, 3.63) is 40.3 Å². The van der Waals surface area contributed by atoms with Gasteiger partial charge in [0.15, 0.2) is 0 Å². The van der Waals surface area contributed by atoms with Crippen LogP contribution in [0.4, 0.5) is 0 Å². The molecule has 4 heteroatoms. The van der Waals surface area contributed by atoms with E-state index in [1.807, 2.05) is 24.0 Å². The lowest BCUT2D eigenvalue weighted by atomic mass is 10.1. The number of aryl methyl sites for hydroxylation is 1. The van der Waals surface area contributed by atoms with Gasteiger partial charge in [-0.15, -0.1) is 0 Å². The second kappa shape index (κ2) is 3.94. The van der Waals surface area contributed by atoms with Gasteiger partial charge in [0.25, 0.3) is 0 Å². The Morgan fingerprint density at radius 2 is 2.50 bits per heavy atom. The topological polar surface area (TPSA) is 43.8 Å². The zero-order valence-electron chi connectivity index (χ0n) is 8.05. The summed E-state index contributed by atoms with van der Waals surface area (Å²) in [5.74, 6) is 0. The van der Waals surface area contributed by atoms with Crippen LogP contribution in [0.5, 0.6) is 0 Å². The molecule has 1 atom stereocenters. The summed E-state index contributed by atoms with van der Waals surface area (Å²) in [6.45, 7) is 2.61. The molecule has 1 unspecified atom stereocenters. The van der Waals surface area contributed by atoms with Crippen LogP contribution in [0.2, 0.25) is 0 Å². The third kappa shape index (κ3) is 1.71. The molecule has 0 aromatic carbocycles. The van der Waals surface area contributed by atoms with Crippen LogP contribution in [-0.2, 0) is 0 Å². The van der Waals surface area contributed by atoms with E-state index < -0.39 is 0 Å². The molecule has 2 rings (SSSR count). The molecule has 2 N–H and O–H groups in total. The first-order chi connectivity index (χ1) is 6.81. The van der Waals surface area contributed by atoms with E-state index in [0.29, 0.717) is 6.54 Å². The summed E-state index contributed by atoms with van der Waals surface area (Å²) in [5, 5.41) is 8.47. The Balaban J connectivity index is 2.31. The van der Waals surface area contributed by atoms with Crippen molar-refractivity contribution < 1.29 is 0 Å². The molecule has 3 nitrogen and oxygen atoms in total. The van der Waals surface area contributed by atoms with E-state index in [0.717, 1.165) is 0 Å². The molecule has 0 saturated heterocycles. The van der Waals surface area contributed by atoms with Crippen molar-refractivity contribution >= 4 is 11.3 Å². The van der Waals surface area contributed by atoms with E-state index in [2.05, 4.69) is 21.9 Å². The van der Waals surface area contributed by atoms with E-state index >= 15 is 0 Å². The second-order valence-corrected chi connectivity index (χ2v) is 4.09.